The monoisotopic (exact) mass is 336 g/mol. The van der Waals surface area contributed by atoms with E-state index in [4.69, 9.17) is 24.4 Å². The summed E-state index contributed by atoms with van der Waals surface area (Å²) in [4.78, 5) is 12.2. The number of hydrogen-bond donors (Lipinski definition) is 4. The van der Waals surface area contributed by atoms with Crippen LogP contribution < -0.4 is 0 Å². The van der Waals surface area contributed by atoms with Crippen molar-refractivity contribution in [3.05, 3.63) is 51.3 Å². The van der Waals surface area contributed by atoms with Gasteiger partial charge in [0.2, 0.25) is 0 Å². The molecule has 0 aliphatic carbocycles. The topological polar surface area (TPSA) is 63.2 Å². The van der Waals surface area contributed by atoms with E-state index >= 15 is 0 Å². The van der Waals surface area contributed by atoms with Gasteiger partial charge in [-0.25, -0.2) is 0 Å². The highest BCUT2D eigenvalue weighted by atomic mass is 32.1. The Balaban J connectivity index is 0.000000411. The molecule has 0 atom stereocenters. The molecule has 4 nitrogen and oxygen atoms in total. The zero-order chi connectivity index (χ0) is 15.9. The molecule has 0 spiro atoms. The molecule has 1 aromatic carbocycles. The Morgan fingerprint density at radius 3 is 2.09 bits per heavy atom. The fraction of sp³-hybridized carbons (Fsp3) is 0.250. The largest absolute Gasteiger partial charge is 0.334 e. The molecule has 0 unspecified atom stereocenters. The maximum Gasteiger partial charge on any atom is 0.175 e. The lowest BCUT2D eigenvalue weighted by Crippen LogP contribution is -1.82. The van der Waals surface area contributed by atoms with E-state index in [1.165, 1.54) is 5.69 Å². The van der Waals surface area contributed by atoms with Crippen LogP contribution in [0.4, 0.5) is 0 Å². The van der Waals surface area contributed by atoms with Gasteiger partial charge in [-0.05, 0) is 55.5 Å². The predicted octanol–water partition coefficient (Wildman–Crippen LogP) is 5.78. The van der Waals surface area contributed by atoms with Crippen LogP contribution in [0.5, 0.6) is 0 Å². The van der Waals surface area contributed by atoms with Crippen molar-refractivity contribution in [1.29, 1.82) is 0 Å². The van der Waals surface area contributed by atoms with Crippen LogP contribution in [-0.2, 0) is 6.42 Å². The Hall–Kier alpha value is -1.92. The zero-order valence-electron chi connectivity index (χ0n) is 12.7. The fourth-order valence-corrected chi connectivity index (χ4v) is 2.52. The lowest BCUT2D eigenvalue weighted by molar-refractivity contribution is 1.05. The van der Waals surface area contributed by atoms with Crippen molar-refractivity contribution in [2.24, 2.45) is 0 Å². The van der Waals surface area contributed by atoms with Gasteiger partial charge >= 0.3 is 0 Å². The molecular weight excluding hydrogens is 312 g/mol. The molecule has 120 valence electrons. The van der Waals surface area contributed by atoms with Gasteiger partial charge in [-0.15, -0.1) is 0 Å². The second kappa shape index (κ2) is 7.91. The van der Waals surface area contributed by atoms with Crippen LogP contribution >= 0.6 is 24.4 Å². The average molecular weight is 337 g/mol. The molecule has 0 aliphatic rings. The standard InChI is InChI=1S/C9H14N2S.C7H6N2S.2H2/c1-3-5-6-8-7(4-2)10-9(12)11-8;10-7-8-5-3-1-2-4-6(5)9-7;;/h5-6H,3-4H2,1-2H3,(H2,10,11,12);1-4H,(H2,8,9,10);2*1H/b6-5-;;;. The highest BCUT2D eigenvalue weighted by Gasteiger charge is 1.98. The number of rotatable bonds is 3. The van der Waals surface area contributed by atoms with E-state index < -0.39 is 0 Å². The first-order valence-corrected chi connectivity index (χ1v) is 8.10. The Labute approximate surface area is 142 Å². The van der Waals surface area contributed by atoms with Crippen molar-refractivity contribution in [3.8, 4) is 0 Å². The number of aromatic nitrogens is 4. The van der Waals surface area contributed by atoms with Crippen molar-refractivity contribution in [3.63, 3.8) is 0 Å². The van der Waals surface area contributed by atoms with E-state index in [0.717, 1.165) is 29.6 Å². The van der Waals surface area contributed by atoms with Crippen LogP contribution in [0.15, 0.2) is 30.3 Å². The first kappa shape index (κ1) is 16.5. The van der Waals surface area contributed by atoms with Crippen molar-refractivity contribution in [1.82, 2.24) is 19.9 Å². The number of fused-ring (bicyclic) bond motifs is 1. The molecule has 0 saturated carbocycles. The third kappa shape index (κ3) is 4.29. The second-order valence-electron chi connectivity index (χ2n) is 4.76. The minimum Gasteiger partial charge on any atom is -0.334 e. The normalized spacial score (nSPS) is 10.8. The fourth-order valence-electron chi connectivity index (χ4n) is 2.07. The van der Waals surface area contributed by atoms with Crippen LogP contribution in [0.1, 0.15) is 34.5 Å². The molecule has 2 heterocycles. The Kier molecular flexibility index (Phi) is 5.91. The molecule has 0 bridgehead atoms. The maximum absolute atomic E-state index is 4.99. The van der Waals surface area contributed by atoms with E-state index in [2.05, 4.69) is 45.9 Å². The Bertz CT molecular complexity index is 838. The number of H-pyrrole nitrogens is 4. The van der Waals surface area contributed by atoms with Gasteiger partial charge < -0.3 is 19.9 Å². The van der Waals surface area contributed by atoms with Crippen LogP contribution in [0.2, 0.25) is 0 Å². The molecule has 4 N–H and O–H groups in total. The van der Waals surface area contributed by atoms with Crippen LogP contribution in [-0.4, -0.2) is 19.9 Å². The average Bonchev–Trinajstić information content (AvgIpc) is 3.06. The summed E-state index contributed by atoms with van der Waals surface area (Å²) in [5.41, 5.74) is 4.43. The number of imidazole rings is 2. The van der Waals surface area contributed by atoms with E-state index in [-0.39, 0.29) is 2.85 Å². The summed E-state index contributed by atoms with van der Waals surface area (Å²) in [7, 11) is 0. The van der Waals surface area contributed by atoms with Gasteiger partial charge in [0.05, 0.1) is 16.7 Å². The number of aromatic amines is 4. The summed E-state index contributed by atoms with van der Waals surface area (Å²) >= 11 is 9.89. The van der Waals surface area contributed by atoms with Gasteiger partial charge in [0, 0.05) is 8.55 Å². The summed E-state index contributed by atoms with van der Waals surface area (Å²) in [5.74, 6) is 0. The minimum absolute atomic E-state index is 0. The van der Waals surface area contributed by atoms with Gasteiger partial charge in [0.15, 0.2) is 9.54 Å². The third-order valence-corrected chi connectivity index (χ3v) is 3.54. The van der Waals surface area contributed by atoms with E-state index in [0.29, 0.717) is 9.54 Å². The highest BCUT2D eigenvalue weighted by Crippen LogP contribution is 2.07. The number of para-hydroxylation sites is 2. The molecule has 2 aromatic heterocycles. The molecule has 0 amide bonds. The molecule has 0 fully saturated rings. The first-order chi connectivity index (χ1) is 10.6. The van der Waals surface area contributed by atoms with Crippen LogP contribution in [0.25, 0.3) is 17.1 Å². The summed E-state index contributed by atoms with van der Waals surface area (Å²) in [5, 5.41) is 0. The van der Waals surface area contributed by atoms with Crippen molar-refractivity contribution in [2.75, 3.05) is 0 Å². The highest BCUT2D eigenvalue weighted by molar-refractivity contribution is 7.71. The lowest BCUT2D eigenvalue weighted by atomic mass is 10.2. The third-order valence-electron chi connectivity index (χ3n) is 3.13. The van der Waals surface area contributed by atoms with E-state index in [1.54, 1.807) is 0 Å². The van der Waals surface area contributed by atoms with Crippen molar-refractivity contribution >= 4 is 41.5 Å². The molecule has 0 aliphatic heterocycles. The molecular formula is C16H24N4S2. The predicted molar refractivity (Wildman–Crippen MR) is 102 cm³/mol. The molecule has 6 heteroatoms. The SMILES string of the molecule is CC/C=C\c1[nH]c(=S)[nH]c1CC.S=c1[nH]c2ccccc2[nH]1.[HH].[HH]. The summed E-state index contributed by atoms with van der Waals surface area (Å²) < 4.78 is 1.39. The van der Waals surface area contributed by atoms with Gasteiger partial charge in [-0.2, -0.15) is 0 Å². The summed E-state index contributed by atoms with van der Waals surface area (Å²) in [6.45, 7) is 4.22. The number of hydrogen-bond acceptors (Lipinski definition) is 2. The molecule has 0 radical (unpaired) electrons. The number of benzene rings is 1. The van der Waals surface area contributed by atoms with Crippen LogP contribution in [0, 0.1) is 9.54 Å². The zero-order valence-corrected chi connectivity index (χ0v) is 14.3. The van der Waals surface area contributed by atoms with Gasteiger partial charge in [0.1, 0.15) is 0 Å². The molecule has 22 heavy (non-hydrogen) atoms. The first-order valence-electron chi connectivity index (χ1n) is 7.28. The Morgan fingerprint density at radius 2 is 1.55 bits per heavy atom. The summed E-state index contributed by atoms with van der Waals surface area (Å²) in [6, 6.07) is 7.92. The number of nitrogens with one attached hydrogen (secondary N) is 4. The maximum atomic E-state index is 4.99. The summed E-state index contributed by atoms with van der Waals surface area (Å²) in [6.07, 6.45) is 6.23. The Morgan fingerprint density at radius 1 is 0.955 bits per heavy atom. The van der Waals surface area contributed by atoms with E-state index in [1.807, 2.05) is 24.3 Å². The van der Waals surface area contributed by atoms with Crippen molar-refractivity contribution < 1.29 is 2.85 Å². The smallest absolute Gasteiger partial charge is 0.175 e. The lowest BCUT2D eigenvalue weighted by Gasteiger charge is -1.91. The van der Waals surface area contributed by atoms with Gasteiger partial charge in [-0.1, -0.05) is 32.1 Å². The van der Waals surface area contributed by atoms with Gasteiger partial charge in [-0.3, -0.25) is 0 Å². The van der Waals surface area contributed by atoms with Crippen LogP contribution in [0.3, 0.4) is 0 Å². The molecule has 3 aromatic rings. The van der Waals surface area contributed by atoms with Gasteiger partial charge in [0.25, 0.3) is 0 Å². The minimum atomic E-state index is 0. The number of aryl methyl sites for hydroxylation is 1. The van der Waals surface area contributed by atoms with E-state index in [9.17, 15) is 0 Å². The molecule has 0 saturated heterocycles. The van der Waals surface area contributed by atoms with Crippen molar-refractivity contribution in [2.45, 2.75) is 26.7 Å². The number of allylic oxidation sites excluding steroid dienone is 1. The molecule has 3 rings (SSSR count). The quantitative estimate of drug-likeness (QED) is 0.458. The second-order valence-corrected chi connectivity index (χ2v) is 5.58.